The smallest absolute Gasteiger partial charge is 0.242 e. The van der Waals surface area contributed by atoms with E-state index < -0.39 is 5.54 Å². The van der Waals surface area contributed by atoms with Crippen LogP contribution in [-0.2, 0) is 10.3 Å². The highest BCUT2D eigenvalue weighted by Gasteiger charge is 2.41. The standard InChI is InChI=1S/C13H17N5OS/c14-12(19)13(16-7-3-8-17-18-15)6-9-20-11-5-2-1-4-10(11)13/h1-2,4-5,16H,3,6-9H2,(H2,14,19). The number of primary amides is 1. The lowest BCUT2D eigenvalue weighted by Crippen LogP contribution is -2.54. The number of fused-ring (bicyclic) bond motifs is 1. The van der Waals surface area contributed by atoms with Crippen LogP contribution in [0.5, 0.6) is 0 Å². The molecule has 3 N–H and O–H groups in total. The summed E-state index contributed by atoms with van der Waals surface area (Å²) < 4.78 is 0. The van der Waals surface area contributed by atoms with Crippen LogP contribution in [0.4, 0.5) is 0 Å². The predicted octanol–water partition coefficient (Wildman–Crippen LogP) is 2.15. The molecule has 1 heterocycles. The number of amides is 1. The minimum Gasteiger partial charge on any atom is -0.368 e. The Kier molecular flexibility index (Phi) is 4.89. The third-order valence-corrected chi connectivity index (χ3v) is 4.50. The zero-order valence-electron chi connectivity index (χ0n) is 11.1. The van der Waals surface area contributed by atoms with Gasteiger partial charge in [0.05, 0.1) is 0 Å². The van der Waals surface area contributed by atoms with Gasteiger partial charge < -0.3 is 5.73 Å². The van der Waals surface area contributed by atoms with Gasteiger partial charge in [0.2, 0.25) is 5.91 Å². The monoisotopic (exact) mass is 291 g/mol. The van der Waals surface area contributed by atoms with E-state index in [9.17, 15) is 4.79 Å². The van der Waals surface area contributed by atoms with Gasteiger partial charge in [-0.1, -0.05) is 23.3 Å². The number of rotatable bonds is 6. The SMILES string of the molecule is [N-]=[N+]=NCCCNC1(C(N)=O)CCSc2ccccc21. The van der Waals surface area contributed by atoms with E-state index in [4.69, 9.17) is 11.3 Å². The molecule has 0 saturated heterocycles. The van der Waals surface area contributed by atoms with Gasteiger partial charge in [0.1, 0.15) is 5.54 Å². The van der Waals surface area contributed by atoms with Crippen molar-refractivity contribution in [1.82, 2.24) is 5.32 Å². The number of nitrogens with two attached hydrogens (primary N) is 1. The molecular formula is C13H17N5OS. The normalized spacial score (nSPS) is 20.8. The first-order chi connectivity index (χ1) is 9.70. The van der Waals surface area contributed by atoms with E-state index in [1.165, 1.54) is 0 Å². The van der Waals surface area contributed by atoms with Crippen LogP contribution in [0, 0.1) is 0 Å². The van der Waals surface area contributed by atoms with Gasteiger partial charge in [0.25, 0.3) is 0 Å². The number of azide groups is 1. The molecule has 1 unspecified atom stereocenters. The average Bonchev–Trinajstić information content (AvgIpc) is 2.47. The summed E-state index contributed by atoms with van der Waals surface area (Å²) in [6, 6.07) is 7.85. The molecule has 6 nitrogen and oxygen atoms in total. The summed E-state index contributed by atoms with van der Waals surface area (Å²) in [4.78, 5) is 15.8. The van der Waals surface area contributed by atoms with Gasteiger partial charge in [-0.3, -0.25) is 10.1 Å². The van der Waals surface area contributed by atoms with Crippen LogP contribution < -0.4 is 11.1 Å². The second kappa shape index (κ2) is 6.65. The van der Waals surface area contributed by atoms with Crippen molar-refractivity contribution in [2.45, 2.75) is 23.3 Å². The van der Waals surface area contributed by atoms with Crippen molar-refractivity contribution >= 4 is 17.7 Å². The summed E-state index contributed by atoms with van der Waals surface area (Å²) in [6.07, 6.45) is 1.35. The van der Waals surface area contributed by atoms with E-state index >= 15 is 0 Å². The largest absolute Gasteiger partial charge is 0.368 e. The van der Waals surface area contributed by atoms with E-state index in [0.29, 0.717) is 25.9 Å². The molecule has 0 aliphatic carbocycles. The number of carbonyl (C=O) groups excluding carboxylic acids is 1. The first kappa shape index (κ1) is 14.7. The fraction of sp³-hybridized carbons (Fsp3) is 0.462. The molecule has 1 aromatic carbocycles. The van der Waals surface area contributed by atoms with Gasteiger partial charge in [-0.05, 0) is 36.5 Å². The molecule has 0 spiro atoms. The maximum atomic E-state index is 12.0. The zero-order chi connectivity index (χ0) is 14.4. The Balaban J connectivity index is 2.18. The first-order valence-electron chi connectivity index (χ1n) is 6.49. The Hall–Kier alpha value is -1.69. The van der Waals surface area contributed by atoms with Crippen LogP contribution in [0.3, 0.4) is 0 Å². The van der Waals surface area contributed by atoms with Crippen molar-refractivity contribution < 1.29 is 4.79 Å². The average molecular weight is 291 g/mol. The topological polar surface area (TPSA) is 104 Å². The predicted molar refractivity (Wildman–Crippen MR) is 79.3 cm³/mol. The molecule has 20 heavy (non-hydrogen) atoms. The summed E-state index contributed by atoms with van der Waals surface area (Å²) in [5.41, 5.74) is 14.1. The van der Waals surface area contributed by atoms with Crippen LogP contribution in [0.15, 0.2) is 34.3 Å². The number of nitrogens with zero attached hydrogens (tertiary/aromatic N) is 3. The van der Waals surface area contributed by atoms with Gasteiger partial charge in [0, 0.05) is 22.1 Å². The Labute approximate surface area is 121 Å². The summed E-state index contributed by atoms with van der Waals surface area (Å²) in [6.45, 7) is 0.996. The van der Waals surface area contributed by atoms with Crippen molar-refractivity contribution in [2.24, 2.45) is 10.8 Å². The third kappa shape index (κ3) is 2.90. The number of thioether (sulfide) groups is 1. The van der Waals surface area contributed by atoms with Crippen LogP contribution in [-0.4, -0.2) is 24.7 Å². The quantitative estimate of drug-likeness (QED) is 0.363. The number of hydrogen-bond donors (Lipinski definition) is 2. The Bertz CT molecular complexity index is 543. The lowest BCUT2D eigenvalue weighted by atomic mass is 9.85. The number of nitrogens with one attached hydrogen (secondary N) is 1. The van der Waals surface area contributed by atoms with Gasteiger partial charge in [-0.25, -0.2) is 0 Å². The molecule has 7 heteroatoms. The lowest BCUT2D eigenvalue weighted by molar-refractivity contribution is -0.125. The van der Waals surface area contributed by atoms with Crippen molar-refractivity contribution in [3.63, 3.8) is 0 Å². The minimum atomic E-state index is -0.807. The number of benzene rings is 1. The molecule has 1 aliphatic heterocycles. The molecule has 0 fully saturated rings. The Morgan fingerprint density at radius 1 is 1.55 bits per heavy atom. The molecule has 1 aliphatic rings. The van der Waals surface area contributed by atoms with Crippen LogP contribution >= 0.6 is 11.8 Å². The van der Waals surface area contributed by atoms with E-state index in [0.717, 1.165) is 16.2 Å². The molecule has 2 rings (SSSR count). The Morgan fingerprint density at radius 3 is 3.10 bits per heavy atom. The minimum absolute atomic E-state index is 0.353. The summed E-state index contributed by atoms with van der Waals surface area (Å²) in [7, 11) is 0. The van der Waals surface area contributed by atoms with Gasteiger partial charge >= 0.3 is 0 Å². The maximum absolute atomic E-state index is 12.0. The van der Waals surface area contributed by atoms with Crippen molar-refractivity contribution in [1.29, 1.82) is 0 Å². The molecule has 0 aromatic heterocycles. The summed E-state index contributed by atoms with van der Waals surface area (Å²) in [5.74, 6) is 0.498. The summed E-state index contributed by atoms with van der Waals surface area (Å²) in [5, 5.41) is 6.77. The fourth-order valence-electron chi connectivity index (χ4n) is 2.42. The van der Waals surface area contributed by atoms with Gasteiger partial charge in [-0.15, -0.1) is 11.8 Å². The maximum Gasteiger partial charge on any atom is 0.242 e. The molecule has 0 radical (unpaired) electrons. The second-order valence-corrected chi connectivity index (χ2v) is 5.74. The van der Waals surface area contributed by atoms with E-state index in [1.54, 1.807) is 11.8 Å². The lowest BCUT2D eigenvalue weighted by Gasteiger charge is -2.37. The first-order valence-corrected chi connectivity index (χ1v) is 7.47. The highest BCUT2D eigenvalue weighted by Crippen LogP contribution is 2.40. The van der Waals surface area contributed by atoms with E-state index in [-0.39, 0.29) is 5.91 Å². The van der Waals surface area contributed by atoms with Gasteiger partial charge in [0.15, 0.2) is 0 Å². The van der Waals surface area contributed by atoms with Crippen molar-refractivity contribution in [3.8, 4) is 0 Å². The van der Waals surface area contributed by atoms with Crippen molar-refractivity contribution in [2.75, 3.05) is 18.8 Å². The zero-order valence-corrected chi connectivity index (χ0v) is 11.9. The van der Waals surface area contributed by atoms with E-state index in [2.05, 4.69) is 15.3 Å². The molecular weight excluding hydrogens is 274 g/mol. The van der Waals surface area contributed by atoms with E-state index in [1.807, 2.05) is 24.3 Å². The fourth-order valence-corrected chi connectivity index (χ4v) is 3.62. The number of carbonyl (C=O) groups is 1. The molecule has 0 saturated carbocycles. The molecule has 1 atom stereocenters. The van der Waals surface area contributed by atoms with Crippen LogP contribution in [0.1, 0.15) is 18.4 Å². The highest BCUT2D eigenvalue weighted by atomic mass is 32.2. The van der Waals surface area contributed by atoms with Gasteiger partial charge in [-0.2, -0.15) is 0 Å². The van der Waals surface area contributed by atoms with Crippen LogP contribution in [0.2, 0.25) is 0 Å². The second-order valence-electron chi connectivity index (χ2n) is 4.60. The Morgan fingerprint density at radius 2 is 2.35 bits per heavy atom. The number of hydrogen-bond acceptors (Lipinski definition) is 4. The highest BCUT2D eigenvalue weighted by molar-refractivity contribution is 7.99. The third-order valence-electron chi connectivity index (χ3n) is 3.43. The molecule has 106 valence electrons. The van der Waals surface area contributed by atoms with Crippen molar-refractivity contribution in [3.05, 3.63) is 40.3 Å². The molecule has 1 aromatic rings. The molecule has 1 amide bonds. The van der Waals surface area contributed by atoms with Crippen LogP contribution in [0.25, 0.3) is 10.4 Å². The summed E-state index contributed by atoms with van der Waals surface area (Å²) >= 11 is 1.74. The molecule has 0 bridgehead atoms.